The largest absolute Gasteiger partial charge is 0.492 e. The summed E-state index contributed by atoms with van der Waals surface area (Å²) < 4.78 is 12.6. The van der Waals surface area contributed by atoms with E-state index in [2.05, 4.69) is 10.3 Å². The number of ether oxygens (including phenoxy) is 2. The number of hydrogen-bond acceptors (Lipinski definition) is 5. The Hall–Kier alpha value is -3.49. The van der Waals surface area contributed by atoms with Gasteiger partial charge in [-0.3, -0.25) is 14.2 Å². The van der Waals surface area contributed by atoms with Crippen LogP contribution in [-0.4, -0.2) is 42.3 Å². The number of hydrogen-bond donors (Lipinski definition) is 2. The zero-order valence-electron chi connectivity index (χ0n) is 18.3. The summed E-state index contributed by atoms with van der Waals surface area (Å²) in [4.78, 5) is 28.4. The lowest BCUT2D eigenvalue weighted by atomic mass is 10.1. The molecule has 33 heavy (non-hydrogen) atoms. The van der Waals surface area contributed by atoms with Crippen LogP contribution in [0.3, 0.4) is 0 Å². The molecule has 0 aliphatic rings. The molecule has 0 aliphatic heterocycles. The third-order valence-electron chi connectivity index (χ3n) is 5.35. The summed E-state index contributed by atoms with van der Waals surface area (Å²) in [6.07, 6.45) is 0.682. The molecule has 1 amide bonds. The topological polar surface area (TPSA) is 85.3 Å². The summed E-state index contributed by atoms with van der Waals surface area (Å²) in [5.74, 6) is 0.505. The van der Waals surface area contributed by atoms with E-state index in [1.165, 1.54) is 4.57 Å². The van der Waals surface area contributed by atoms with E-state index in [9.17, 15) is 9.59 Å². The molecule has 0 saturated heterocycles. The fraction of sp³-hybridized carbons (Fsp3) is 0.240. The summed E-state index contributed by atoms with van der Waals surface area (Å²) in [6, 6.07) is 18.9. The van der Waals surface area contributed by atoms with Crippen molar-refractivity contribution in [2.24, 2.45) is 0 Å². The second-order valence-corrected chi connectivity index (χ2v) is 7.99. The number of nitrogens with one attached hydrogen (secondary N) is 2. The molecule has 0 radical (unpaired) electrons. The van der Waals surface area contributed by atoms with Gasteiger partial charge in [-0.05, 0) is 59.7 Å². The van der Waals surface area contributed by atoms with Gasteiger partial charge in [0.25, 0.3) is 11.5 Å². The monoisotopic (exact) mass is 463 g/mol. The predicted octanol–water partition coefficient (Wildman–Crippen LogP) is 4.06. The van der Waals surface area contributed by atoms with Crippen molar-refractivity contribution in [1.29, 1.82) is 0 Å². The van der Waals surface area contributed by atoms with Crippen molar-refractivity contribution in [3.8, 4) is 5.75 Å². The van der Waals surface area contributed by atoms with Crippen LogP contribution >= 0.6 is 12.2 Å². The molecule has 0 spiro atoms. The maximum atomic E-state index is 12.8. The Balaban J connectivity index is 1.38. The van der Waals surface area contributed by atoms with E-state index in [-0.39, 0.29) is 11.5 Å². The van der Waals surface area contributed by atoms with Crippen molar-refractivity contribution < 1.29 is 14.3 Å². The molecule has 0 atom stereocenters. The maximum absolute atomic E-state index is 12.8. The van der Waals surface area contributed by atoms with Crippen LogP contribution in [0.1, 0.15) is 16.8 Å². The zero-order valence-corrected chi connectivity index (χ0v) is 19.1. The first kappa shape index (κ1) is 22.7. The summed E-state index contributed by atoms with van der Waals surface area (Å²) in [5.41, 5.74) is 0.795. The van der Waals surface area contributed by atoms with Gasteiger partial charge in [-0.2, -0.15) is 0 Å². The molecule has 0 bridgehead atoms. The number of fused-ring (bicyclic) bond motifs is 2. The number of H-pyrrole nitrogens is 1. The quantitative estimate of drug-likeness (QED) is 0.289. The van der Waals surface area contributed by atoms with Crippen LogP contribution in [0, 0.1) is 4.77 Å². The molecule has 0 fully saturated rings. The molecule has 4 aromatic rings. The number of amides is 1. The van der Waals surface area contributed by atoms with Crippen LogP contribution in [-0.2, 0) is 11.3 Å². The van der Waals surface area contributed by atoms with Gasteiger partial charge in [-0.25, -0.2) is 0 Å². The number of aromatic nitrogens is 2. The van der Waals surface area contributed by atoms with Crippen molar-refractivity contribution in [3.05, 3.63) is 81.4 Å². The van der Waals surface area contributed by atoms with E-state index in [0.717, 1.165) is 16.5 Å². The lowest BCUT2D eigenvalue weighted by Gasteiger charge is -2.10. The second kappa shape index (κ2) is 10.4. The molecular weight excluding hydrogens is 438 g/mol. The van der Waals surface area contributed by atoms with Gasteiger partial charge in [0.1, 0.15) is 12.4 Å². The Bertz CT molecular complexity index is 1410. The highest BCUT2D eigenvalue weighted by Crippen LogP contribution is 2.20. The number of benzene rings is 3. The molecule has 2 N–H and O–H groups in total. The summed E-state index contributed by atoms with van der Waals surface area (Å²) >= 11 is 5.34. The van der Waals surface area contributed by atoms with E-state index in [0.29, 0.717) is 54.0 Å². The van der Waals surface area contributed by atoms with E-state index in [1.807, 2.05) is 42.5 Å². The smallest absolute Gasteiger partial charge is 0.262 e. The maximum Gasteiger partial charge on any atom is 0.262 e. The van der Waals surface area contributed by atoms with Crippen LogP contribution in [0.5, 0.6) is 5.75 Å². The molecule has 0 unspecified atom stereocenters. The highest BCUT2D eigenvalue weighted by atomic mass is 32.1. The molecule has 3 aromatic carbocycles. The summed E-state index contributed by atoms with van der Waals surface area (Å²) in [5, 5.41) is 5.58. The summed E-state index contributed by atoms with van der Waals surface area (Å²) in [7, 11) is 1.62. The minimum atomic E-state index is -0.248. The predicted molar refractivity (Wildman–Crippen MR) is 132 cm³/mol. The average Bonchev–Trinajstić information content (AvgIpc) is 2.83. The third kappa shape index (κ3) is 5.30. The normalized spacial score (nSPS) is 11.1. The van der Waals surface area contributed by atoms with Crippen molar-refractivity contribution in [2.75, 3.05) is 26.9 Å². The van der Waals surface area contributed by atoms with Crippen molar-refractivity contribution in [1.82, 2.24) is 14.9 Å². The summed E-state index contributed by atoms with van der Waals surface area (Å²) in [6.45, 7) is 1.70. The molecule has 1 aromatic heterocycles. The van der Waals surface area contributed by atoms with Gasteiger partial charge in [-0.15, -0.1) is 0 Å². The van der Waals surface area contributed by atoms with Crippen molar-refractivity contribution in [2.45, 2.75) is 13.0 Å². The fourth-order valence-corrected chi connectivity index (χ4v) is 3.94. The van der Waals surface area contributed by atoms with Gasteiger partial charge in [0.05, 0.1) is 17.4 Å². The number of carbonyl (C=O) groups is 1. The van der Waals surface area contributed by atoms with Crippen LogP contribution in [0.25, 0.3) is 21.7 Å². The lowest BCUT2D eigenvalue weighted by molar-refractivity contribution is 0.0947. The zero-order chi connectivity index (χ0) is 23.2. The molecule has 0 aliphatic carbocycles. The van der Waals surface area contributed by atoms with E-state index >= 15 is 0 Å². The Labute approximate surface area is 196 Å². The first-order valence-corrected chi connectivity index (χ1v) is 11.1. The molecule has 1 heterocycles. The molecule has 0 saturated carbocycles. The van der Waals surface area contributed by atoms with Gasteiger partial charge in [0, 0.05) is 25.8 Å². The van der Waals surface area contributed by atoms with E-state index < -0.39 is 0 Å². The van der Waals surface area contributed by atoms with Gasteiger partial charge in [-0.1, -0.05) is 30.3 Å². The minimum Gasteiger partial charge on any atom is -0.492 e. The van der Waals surface area contributed by atoms with Crippen LogP contribution < -0.4 is 15.6 Å². The Morgan fingerprint density at radius 1 is 1.06 bits per heavy atom. The lowest BCUT2D eigenvalue weighted by Crippen LogP contribution is -2.28. The van der Waals surface area contributed by atoms with Crippen LogP contribution in [0.4, 0.5) is 0 Å². The highest BCUT2D eigenvalue weighted by Gasteiger charge is 2.10. The number of nitrogens with zero attached hydrogens (tertiary/aromatic N) is 1. The number of rotatable bonds is 9. The van der Waals surface area contributed by atoms with Crippen LogP contribution in [0.15, 0.2) is 65.5 Å². The highest BCUT2D eigenvalue weighted by molar-refractivity contribution is 7.71. The van der Waals surface area contributed by atoms with Gasteiger partial charge in [0.15, 0.2) is 4.77 Å². The standard InChI is InChI=1S/C25H25N3O4S/c1-31-13-4-12-28-24(30)21-10-8-19(16-22(21)27-25(28)33)23(29)26-11-14-32-20-9-7-17-5-2-3-6-18(17)15-20/h2-3,5-10,15-16H,4,11-14H2,1H3,(H,26,29)(H,27,33). The molecule has 170 valence electrons. The van der Waals surface area contributed by atoms with Gasteiger partial charge < -0.3 is 19.8 Å². The van der Waals surface area contributed by atoms with Gasteiger partial charge >= 0.3 is 0 Å². The number of methoxy groups -OCH3 is 1. The Kier molecular flexibility index (Phi) is 7.16. The molecule has 7 nitrogen and oxygen atoms in total. The second-order valence-electron chi connectivity index (χ2n) is 7.61. The van der Waals surface area contributed by atoms with Gasteiger partial charge in [0.2, 0.25) is 0 Å². The average molecular weight is 464 g/mol. The Morgan fingerprint density at radius 3 is 2.70 bits per heavy atom. The van der Waals surface area contributed by atoms with E-state index in [1.54, 1.807) is 25.3 Å². The van der Waals surface area contributed by atoms with Crippen LogP contribution in [0.2, 0.25) is 0 Å². The molecule has 8 heteroatoms. The minimum absolute atomic E-state index is 0.180. The first-order valence-electron chi connectivity index (χ1n) is 10.7. The molecular formula is C25H25N3O4S. The van der Waals surface area contributed by atoms with Crippen molar-refractivity contribution in [3.63, 3.8) is 0 Å². The van der Waals surface area contributed by atoms with Crippen molar-refractivity contribution >= 4 is 39.8 Å². The first-order chi connectivity index (χ1) is 16.1. The Morgan fingerprint density at radius 2 is 1.88 bits per heavy atom. The fourth-order valence-electron chi connectivity index (χ4n) is 3.66. The third-order valence-corrected chi connectivity index (χ3v) is 5.67. The SMILES string of the molecule is COCCCn1c(=S)[nH]c2cc(C(=O)NCCOc3ccc4ccccc4c3)ccc2c1=O. The number of aromatic amines is 1. The number of carbonyl (C=O) groups excluding carboxylic acids is 1. The van der Waals surface area contributed by atoms with E-state index in [4.69, 9.17) is 21.7 Å². The molecule has 4 rings (SSSR count).